The molecule has 0 bridgehead atoms. The third-order valence-electron chi connectivity index (χ3n) is 15.5. The summed E-state index contributed by atoms with van der Waals surface area (Å²) < 4.78 is 47.3. The summed E-state index contributed by atoms with van der Waals surface area (Å²) in [5.41, 5.74) is -5.30. The molecule has 0 aliphatic carbocycles. The van der Waals surface area contributed by atoms with Crippen molar-refractivity contribution in [2.45, 2.75) is 182 Å². The van der Waals surface area contributed by atoms with E-state index >= 15 is 0 Å². The maximum absolute atomic E-state index is 13.9. The highest BCUT2D eigenvalue weighted by molar-refractivity contribution is 5.99. The molecule has 3 amide bonds. The minimum atomic E-state index is -1.84. The predicted molar refractivity (Wildman–Crippen MR) is 306 cm³/mol. The van der Waals surface area contributed by atoms with Gasteiger partial charge < -0.3 is 104 Å². The van der Waals surface area contributed by atoms with Crippen LogP contribution in [0.25, 0.3) is 0 Å². The third-order valence-corrected chi connectivity index (χ3v) is 15.5. The van der Waals surface area contributed by atoms with Gasteiger partial charge in [-0.15, -0.1) is 0 Å². The van der Waals surface area contributed by atoms with Gasteiger partial charge in [0.2, 0.25) is 11.8 Å². The zero-order valence-corrected chi connectivity index (χ0v) is 51.8. The van der Waals surface area contributed by atoms with Gasteiger partial charge >= 0.3 is 23.4 Å². The number of aliphatic imine (C=N–C) groups is 1. The standard InChI is InChI=1S/C28H41N5O13.C27H39N5O14/c1-12(34)13-7-9-31(5)16(23(40)32(13)6)21(22-18(37)19(38)24(44-22)33-10-8-15(35)30-26(33)41)45-25-20(39)17(36)14(43-25)11-29-27(42)46-28(2,3)4;1-27(2,3)46-26(42)28-10-12-15(34)18(37)24(43-12)45-19(14-21(38)31(5)11(23(39)40)6-8-30(14)4)20-16(35)17(36)22(44-20)32-9-7-13(33)29-25(32)41/h7-8,10,14,16-22,24-25,36-39H,9,11H2,1-6H3,(H,29,42)(H,30,35,41);6-7,9,12,14-20,22,24,34-37H,8,10H2,1-5H3,(H,28,42)(H,39,40)(H,29,33,41)/p-1/t14?,16-,17?,18?,19?,20?,21-,22?,24?,25?;12?,14-,15?,16?,17?,18?,19-,20?,22?,24?/m00/s1. The molecule has 0 saturated carbocycles. The van der Waals surface area contributed by atoms with Gasteiger partial charge in [-0.25, -0.2) is 19.2 Å². The molecule has 512 valence electrons. The smallest absolute Gasteiger partial charge is 0.407 e. The predicted octanol–water partition coefficient (Wildman–Crippen LogP) is -7.98. The Kier molecular flexibility index (Phi) is 22.8. The average Bonchev–Trinajstić information content (AvgIpc) is 1.61. The lowest BCUT2D eigenvalue weighted by molar-refractivity contribution is -0.261. The van der Waals surface area contributed by atoms with E-state index in [1.165, 1.54) is 57.1 Å². The number of alkyl carbamates (subject to hydrolysis) is 1. The van der Waals surface area contributed by atoms with E-state index in [9.17, 15) is 94.2 Å². The molecule has 6 aliphatic rings. The molecule has 2 aromatic rings. The van der Waals surface area contributed by atoms with Crippen molar-refractivity contribution in [2.75, 3.05) is 54.4 Å². The normalized spacial score (nSPS) is 33.3. The number of rotatable bonds is 16. The van der Waals surface area contributed by atoms with Gasteiger partial charge in [0, 0.05) is 70.8 Å². The largest absolute Gasteiger partial charge is 0.595 e. The van der Waals surface area contributed by atoms with Gasteiger partial charge in [0.1, 0.15) is 115 Å². The maximum atomic E-state index is 13.9. The van der Waals surface area contributed by atoms with Gasteiger partial charge in [0.25, 0.3) is 11.1 Å². The average molecular weight is 1310 g/mol. The van der Waals surface area contributed by atoms with Gasteiger partial charge in [0.15, 0.2) is 30.8 Å². The number of nitrogens with zero attached hydrogens (tertiary/aromatic N) is 7. The number of carboxylic acids is 1. The summed E-state index contributed by atoms with van der Waals surface area (Å²) in [6.45, 7) is 10.3. The van der Waals surface area contributed by atoms with Crippen LogP contribution in [-0.2, 0) is 57.1 Å². The Morgan fingerprint density at radius 3 is 1.45 bits per heavy atom. The van der Waals surface area contributed by atoms with Crippen LogP contribution < -0.4 is 32.9 Å². The zero-order chi connectivity index (χ0) is 68.5. The van der Waals surface area contributed by atoms with Crippen LogP contribution in [0.2, 0.25) is 0 Å². The Labute approximate surface area is 522 Å². The van der Waals surface area contributed by atoms with E-state index in [-0.39, 0.29) is 31.0 Å². The molecule has 0 radical (unpaired) electrons. The number of ketones is 1. The Morgan fingerprint density at radius 1 is 0.620 bits per heavy atom. The van der Waals surface area contributed by atoms with E-state index in [2.05, 4.69) is 10.3 Å². The number of ether oxygens (including phenoxy) is 8. The number of Topliss-reactive ketones (excluding diaryl/α,β-unsaturated/α-hetero) is 1. The molecule has 20 atom stereocenters. The number of aliphatic hydroxyl groups excluding tert-OH is 8. The minimum Gasteiger partial charge on any atom is -0.595 e. The number of likely N-dealkylation sites (N-methyl/N-ethyl adjacent to an activating group) is 4. The number of hydrogen-bond acceptors (Lipinski definition) is 29. The SMILES string of the molecule is CC(=O)C1=CCN(C)[C@@H]([C@H](OC2OC(CN=C([O-])OC(C)(C)C)C(O)C2O)C2OC(n3ccc(=O)[nH]c3=O)C(O)C2O)C(=O)N1C.CN1C(=O)[C@H]([C@H](OC2OC(CNC(=O)OC(C)(C)C)C(O)C2O)C2OC(n3ccc(=O)[nH]c3=O)C(O)C2O)N(C)CC=C1C(=O)O. The number of carbonyl (C=O) groups is 5. The van der Waals surface area contributed by atoms with Gasteiger partial charge in [-0.05, 0) is 47.0 Å². The molecular weight excluding hydrogens is 1230 g/mol. The van der Waals surface area contributed by atoms with Gasteiger partial charge in [-0.2, -0.15) is 0 Å². The van der Waals surface area contributed by atoms with Gasteiger partial charge in [0.05, 0.1) is 12.2 Å². The van der Waals surface area contributed by atoms with Crippen molar-refractivity contribution >= 4 is 35.7 Å². The van der Waals surface area contributed by atoms with Gasteiger partial charge in [-0.3, -0.25) is 57.9 Å². The molecule has 8 rings (SSSR count). The van der Waals surface area contributed by atoms with Crippen LogP contribution in [0.4, 0.5) is 4.79 Å². The molecule has 6 aliphatic heterocycles. The number of aromatic nitrogens is 4. The number of nitrogens with one attached hydrogen (secondary N) is 3. The van der Waals surface area contributed by atoms with E-state index in [4.69, 9.17) is 37.9 Å². The second-order valence-corrected chi connectivity index (χ2v) is 24.5. The Balaban J connectivity index is 0.000000261. The monoisotopic (exact) mass is 1310 g/mol. The van der Waals surface area contributed by atoms with E-state index < -0.39 is 199 Å². The molecule has 4 fully saturated rings. The first-order valence-corrected chi connectivity index (χ1v) is 28.8. The van der Waals surface area contributed by atoms with Crippen LogP contribution in [-0.4, -0.2) is 296 Å². The fourth-order valence-corrected chi connectivity index (χ4v) is 10.9. The molecule has 0 aromatic carbocycles. The third kappa shape index (κ3) is 16.2. The van der Waals surface area contributed by atoms with Crippen LogP contribution in [0.3, 0.4) is 0 Å². The van der Waals surface area contributed by atoms with E-state index in [0.29, 0.717) is 0 Å². The summed E-state index contributed by atoms with van der Waals surface area (Å²) in [6, 6.07) is -0.820. The number of aliphatic hydroxyl groups is 8. The highest BCUT2D eigenvalue weighted by Crippen LogP contribution is 2.38. The zero-order valence-electron chi connectivity index (χ0n) is 51.8. The number of amides is 3. The molecule has 37 heteroatoms. The molecule has 0 spiro atoms. The lowest BCUT2D eigenvalue weighted by atomic mass is 9.97. The van der Waals surface area contributed by atoms with Gasteiger partial charge in [-0.1, -0.05) is 20.8 Å². The van der Waals surface area contributed by atoms with Crippen molar-refractivity contribution in [3.05, 3.63) is 89.7 Å². The van der Waals surface area contributed by atoms with Crippen molar-refractivity contribution in [3.63, 3.8) is 0 Å². The van der Waals surface area contributed by atoms with Crippen molar-refractivity contribution < 1.29 is 113 Å². The van der Waals surface area contributed by atoms with Crippen LogP contribution in [0.5, 0.6) is 0 Å². The summed E-state index contributed by atoms with van der Waals surface area (Å²) in [6.07, 6.45) is -26.3. The fraction of sp³-hybridized carbons (Fsp3) is 0.673. The Bertz CT molecular complexity index is 3360. The van der Waals surface area contributed by atoms with Crippen LogP contribution in [0, 0.1) is 0 Å². The van der Waals surface area contributed by atoms with Crippen LogP contribution in [0.15, 0.2) is 72.2 Å². The summed E-state index contributed by atoms with van der Waals surface area (Å²) in [7, 11) is 5.54. The fourth-order valence-electron chi connectivity index (χ4n) is 10.9. The first kappa shape index (κ1) is 72.2. The topological polar surface area (TPSA) is 511 Å². The number of H-pyrrole nitrogens is 2. The number of aromatic amines is 2. The molecular formula is C55H79N10O27-. The lowest BCUT2D eigenvalue weighted by Gasteiger charge is -2.38. The molecule has 12 N–H and O–H groups in total. The van der Waals surface area contributed by atoms with Crippen LogP contribution in [0.1, 0.15) is 60.9 Å². The maximum Gasteiger partial charge on any atom is 0.407 e. The second-order valence-electron chi connectivity index (χ2n) is 24.5. The van der Waals surface area contributed by atoms with Crippen LogP contribution >= 0.6 is 0 Å². The van der Waals surface area contributed by atoms with E-state index in [1.807, 2.05) is 9.97 Å². The van der Waals surface area contributed by atoms with Crippen molar-refractivity contribution in [1.29, 1.82) is 0 Å². The summed E-state index contributed by atoms with van der Waals surface area (Å²) in [5.74, 6) is -3.33. The van der Waals surface area contributed by atoms with Crippen molar-refractivity contribution in [2.24, 2.45) is 4.99 Å². The number of carboxylic acid groups (broad SMARTS) is 1. The highest BCUT2D eigenvalue weighted by atomic mass is 16.7. The van der Waals surface area contributed by atoms with E-state index in [1.54, 1.807) is 41.5 Å². The molecule has 2 aromatic heterocycles. The summed E-state index contributed by atoms with van der Waals surface area (Å²) in [5, 5.41) is 112. The second kappa shape index (κ2) is 29.0. The number of aliphatic carboxylic acids is 1. The van der Waals surface area contributed by atoms with Crippen molar-refractivity contribution in [1.82, 2.24) is 44.0 Å². The molecule has 4 saturated heterocycles. The van der Waals surface area contributed by atoms with Crippen molar-refractivity contribution in [3.8, 4) is 0 Å². The molecule has 92 heavy (non-hydrogen) atoms. The summed E-state index contributed by atoms with van der Waals surface area (Å²) >= 11 is 0. The highest BCUT2D eigenvalue weighted by Gasteiger charge is 2.58. The first-order valence-electron chi connectivity index (χ1n) is 28.8. The molecule has 37 nitrogen and oxygen atoms in total. The minimum absolute atomic E-state index is 0.0395. The number of hydrogen-bond donors (Lipinski definition) is 12. The van der Waals surface area contributed by atoms with E-state index in [0.717, 1.165) is 43.5 Å². The number of allylic oxidation sites excluding steroid dienone is 1. The lowest BCUT2D eigenvalue weighted by Crippen LogP contribution is -2.59. The Hall–Kier alpha value is -7.18. The summed E-state index contributed by atoms with van der Waals surface area (Å²) in [4.78, 5) is 125. The number of carbonyl (C=O) groups excluding carboxylic acids is 4. The Morgan fingerprint density at radius 2 is 1.03 bits per heavy atom. The molecule has 16 unspecified atom stereocenters. The first-order chi connectivity index (χ1) is 42.8. The molecule has 8 heterocycles. The quantitative estimate of drug-likeness (QED) is 0.0549.